The van der Waals surface area contributed by atoms with Gasteiger partial charge in [-0.15, -0.1) is 0 Å². The number of amides is 1. The van der Waals surface area contributed by atoms with E-state index in [0.29, 0.717) is 33.7 Å². The van der Waals surface area contributed by atoms with E-state index in [0.717, 1.165) is 6.42 Å². The Hall–Kier alpha value is -3.37. The van der Waals surface area contributed by atoms with E-state index in [2.05, 4.69) is 26.5 Å². The largest absolute Gasteiger partial charge is 0.493 e. The third-order valence-corrected chi connectivity index (χ3v) is 6.20. The molecule has 0 bridgehead atoms. The van der Waals surface area contributed by atoms with Crippen molar-refractivity contribution in [3.05, 3.63) is 82.3 Å². The first kappa shape index (κ1) is 25.3. The van der Waals surface area contributed by atoms with Crippen LogP contribution in [0, 0.1) is 0 Å². The van der Waals surface area contributed by atoms with Gasteiger partial charge in [-0.1, -0.05) is 41.1 Å². The van der Waals surface area contributed by atoms with Crippen molar-refractivity contribution in [2.24, 2.45) is 5.10 Å². The van der Waals surface area contributed by atoms with Gasteiger partial charge in [0.15, 0.2) is 17.2 Å². The molecule has 0 aliphatic heterocycles. The molecule has 0 spiro atoms. The first-order valence-electron chi connectivity index (χ1n) is 10.3. The summed E-state index contributed by atoms with van der Waals surface area (Å²) in [6.45, 7) is 2.52. The quantitative estimate of drug-likeness (QED) is 0.223. The number of carbonyl (C=O) groups is 1. The van der Waals surface area contributed by atoms with Crippen LogP contribution < -0.4 is 19.1 Å². The molecule has 3 aromatic carbocycles. The monoisotopic (exact) mass is 546 g/mol. The maximum absolute atomic E-state index is 12.6. The van der Waals surface area contributed by atoms with Crippen LogP contribution in [0.25, 0.3) is 0 Å². The number of benzene rings is 3. The van der Waals surface area contributed by atoms with Crippen LogP contribution in [0.2, 0.25) is 0 Å². The van der Waals surface area contributed by atoms with Gasteiger partial charge in [0, 0.05) is 15.6 Å². The van der Waals surface area contributed by atoms with E-state index in [1.54, 1.807) is 48.5 Å². The molecular weight excluding hydrogens is 524 g/mol. The lowest BCUT2D eigenvalue weighted by molar-refractivity contribution is 0.0954. The van der Waals surface area contributed by atoms with Gasteiger partial charge in [-0.3, -0.25) is 4.79 Å². The first-order chi connectivity index (χ1) is 16.3. The molecule has 0 unspecified atom stereocenters. The molecule has 3 aromatic rings. The molecule has 0 aliphatic carbocycles. The van der Waals surface area contributed by atoms with E-state index in [1.165, 1.54) is 31.5 Å². The number of rotatable bonds is 10. The summed E-state index contributed by atoms with van der Waals surface area (Å²) in [5, 5.41) is 3.96. The number of nitrogens with one attached hydrogen (secondary N) is 1. The molecule has 0 heterocycles. The van der Waals surface area contributed by atoms with Crippen LogP contribution >= 0.6 is 15.9 Å². The predicted molar refractivity (Wildman–Crippen MR) is 132 cm³/mol. The first-order valence-corrected chi connectivity index (χ1v) is 12.5. The average molecular weight is 547 g/mol. The maximum atomic E-state index is 12.6. The lowest BCUT2D eigenvalue weighted by Crippen LogP contribution is -2.18. The van der Waals surface area contributed by atoms with Gasteiger partial charge in [-0.25, -0.2) is 5.43 Å². The number of hydrogen-bond donors (Lipinski definition) is 1. The Kier molecular flexibility index (Phi) is 8.67. The summed E-state index contributed by atoms with van der Waals surface area (Å²) in [6.07, 6.45) is 2.14. The molecular formula is C24H23BrN2O6S. The molecule has 0 aromatic heterocycles. The lowest BCUT2D eigenvalue weighted by atomic mass is 10.2. The topological polar surface area (TPSA) is 103 Å². The Morgan fingerprint density at radius 3 is 2.47 bits per heavy atom. The zero-order chi connectivity index (χ0) is 24.6. The molecule has 178 valence electrons. The van der Waals surface area contributed by atoms with Crippen molar-refractivity contribution in [3.8, 4) is 17.2 Å². The smallest absolute Gasteiger partial charge is 0.339 e. The van der Waals surface area contributed by atoms with Gasteiger partial charge in [0.1, 0.15) is 4.90 Å². The Morgan fingerprint density at radius 1 is 1.03 bits per heavy atom. The van der Waals surface area contributed by atoms with Gasteiger partial charge < -0.3 is 13.7 Å². The molecule has 34 heavy (non-hydrogen) atoms. The van der Waals surface area contributed by atoms with Crippen LogP contribution in [0.3, 0.4) is 0 Å². The number of hydrazone groups is 1. The standard InChI is InChI=1S/C24H23BrN2O6S/c1-3-13-32-22-11-9-17(15-23(22)31-2)24(28)27-26-16-18-14-19(25)10-12-21(18)33-34(29,30)20-7-5-4-6-8-20/h4-12,14-16H,3,13H2,1-2H3,(H,27,28)/b26-16+. The highest BCUT2D eigenvalue weighted by molar-refractivity contribution is 9.10. The van der Waals surface area contributed by atoms with E-state index in [-0.39, 0.29) is 10.6 Å². The highest BCUT2D eigenvalue weighted by atomic mass is 79.9. The number of hydrogen-bond acceptors (Lipinski definition) is 7. The fraction of sp³-hybridized carbons (Fsp3) is 0.167. The van der Waals surface area contributed by atoms with Crippen molar-refractivity contribution >= 4 is 38.2 Å². The Bertz CT molecular complexity index is 1280. The van der Waals surface area contributed by atoms with Crippen molar-refractivity contribution in [3.63, 3.8) is 0 Å². The second kappa shape index (κ2) is 11.7. The Morgan fingerprint density at radius 2 is 1.76 bits per heavy atom. The van der Waals surface area contributed by atoms with Crippen LogP contribution in [-0.4, -0.2) is 34.3 Å². The zero-order valence-electron chi connectivity index (χ0n) is 18.5. The minimum absolute atomic E-state index is 0.0226. The van der Waals surface area contributed by atoms with Crippen molar-refractivity contribution < 1.29 is 26.9 Å². The number of methoxy groups -OCH3 is 1. The molecule has 10 heteroatoms. The van der Waals surface area contributed by atoms with E-state index >= 15 is 0 Å². The molecule has 0 radical (unpaired) electrons. The lowest BCUT2D eigenvalue weighted by Gasteiger charge is -2.11. The molecule has 8 nitrogen and oxygen atoms in total. The van der Waals surface area contributed by atoms with Gasteiger partial charge in [0.05, 0.1) is 19.9 Å². The number of carbonyl (C=O) groups excluding carboxylic acids is 1. The number of halogens is 1. The molecule has 0 aliphatic rings. The normalized spacial score (nSPS) is 11.3. The minimum Gasteiger partial charge on any atom is -0.493 e. The van der Waals surface area contributed by atoms with Gasteiger partial charge in [0.25, 0.3) is 5.91 Å². The summed E-state index contributed by atoms with van der Waals surface area (Å²) in [5.74, 6) is 0.550. The van der Waals surface area contributed by atoms with Crippen LogP contribution in [0.15, 0.2) is 81.2 Å². The Balaban J connectivity index is 1.76. The van der Waals surface area contributed by atoms with Crippen molar-refractivity contribution in [2.75, 3.05) is 13.7 Å². The zero-order valence-corrected chi connectivity index (χ0v) is 20.9. The van der Waals surface area contributed by atoms with Crippen LogP contribution in [-0.2, 0) is 10.1 Å². The van der Waals surface area contributed by atoms with E-state index in [4.69, 9.17) is 13.7 Å². The van der Waals surface area contributed by atoms with E-state index < -0.39 is 16.0 Å². The van der Waals surface area contributed by atoms with Crippen LogP contribution in [0.5, 0.6) is 17.2 Å². The summed E-state index contributed by atoms with van der Waals surface area (Å²) in [7, 11) is -2.55. The van der Waals surface area contributed by atoms with Gasteiger partial charge in [0.2, 0.25) is 0 Å². The third-order valence-electron chi connectivity index (χ3n) is 4.46. The number of ether oxygens (including phenoxy) is 2. The van der Waals surface area contributed by atoms with Gasteiger partial charge in [-0.05, 0) is 55.0 Å². The van der Waals surface area contributed by atoms with Crippen LogP contribution in [0.1, 0.15) is 29.3 Å². The number of nitrogens with zero attached hydrogens (tertiary/aromatic N) is 1. The summed E-state index contributed by atoms with van der Waals surface area (Å²) in [6, 6.07) is 17.4. The molecule has 1 N–H and O–H groups in total. The minimum atomic E-state index is -4.04. The predicted octanol–water partition coefficient (Wildman–Crippen LogP) is 4.78. The highest BCUT2D eigenvalue weighted by Crippen LogP contribution is 2.28. The van der Waals surface area contributed by atoms with E-state index in [1.807, 2.05) is 6.92 Å². The summed E-state index contributed by atoms with van der Waals surface area (Å²) >= 11 is 3.34. The fourth-order valence-corrected chi connectivity index (χ4v) is 4.17. The fourth-order valence-electron chi connectivity index (χ4n) is 2.81. The van der Waals surface area contributed by atoms with Gasteiger partial charge >= 0.3 is 10.1 Å². The highest BCUT2D eigenvalue weighted by Gasteiger charge is 2.18. The molecule has 0 saturated carbocycles. The Labute approximate surface area is 206 Å². The molecule has 3 rings (SSSR count). The second-order valence-electron chi connectivity index (χ2n) is 6.95. The third kappa shape index (κ3) is 6.58. The molecule has 0 fully saturated rings. The maximum Gasteiger partial charge on any atom is 0.339 e. The summed E-state index contributed by atoms with van der Waals surface area (Å²) in [5.41, 5.74) is 3.07. The SMILES string of the molecule is CCCOc1ccc(C(=O)N/N=C/c2cc(Br)ccc2OS(=O)(=O)c2ccccc2)cc1OC. The van der Waals surface area contributed by atoms with Gasteiger partial charge in [-0.2, -0.15) is 13.5 Å². The van der Waals surface area contributed by atoms with Crippen LogP contribution in [0.4, 0.5) is 0 Å². The van der Waals surface area contributed by atoms with Crippen molar-refractivity contribution in [2.45, 2.75) is 18.2 Å². The van der Waals surface area contributed by atoms with Crippen molar-refractivity contribution in [1.82, 2.24) is 5.43 Å². The summed E-state index contributed by atoms with van der Waals surface area (Å²) in [4.78, 5) is 12.6. The van der Waals surface area contributed by atoms with Crippen molar-refractivity contribution in [1.29, 1.82) is 0 Å². The average Bonchev–Trinajstić information content (AvgIpc) is 2.84. The summed E-state index contributed by atoms with van der Waals surface area (Å²) < 4.78 is 42.1. The molecule has 0 saturated heterocycles. The second-order valence-corrected chi connectivity index (χ2v) is 9.41. The molecule has 0 atom stereocenters. The van der Waals surface area contributed by atoms with E-state index in [9.17, 15) is 13.2 Å². The molecule has 1 amide bonds.